The number of aromatic nitrogens is 2. The molecule has 1 aliphatic rings. The van der Waals surface area contributed by atoms with Gasteiger partial charge in [0.1, 0.15) is 11.5 Å². The molecule has 136 valence electrons. The SMILES string of the molecule is CC(=O)N1CCN(C(=O)c2cnc(Nc3ccc(C)c(Cl)c3)cn2)CC1. The summed E-state index contributed by atoms with van der Waals surface area (Å²) in [6.07, 6.45) is 2.98. The summed E-state index contributed by atoms with van der Waals surface area (Å²) < 4.78 is 0. The smallest absolute Gasteiger partial charge is 0.274 e. The predicted molar refractivity (Wildman–Crippen MR) is 99.7 cm³/mol. The van der Waals surface area contributed by atoms with Gasteiger partial charge in [0.2, 0.25) is 5.91 Å². The van der Waals surface area contributed by atoms with Crippen LogP contribution < -0.4 is 5.32 Å². The standard InChI is InChI=1S/C18H20ClN5O2/c1-12-3-4-14(9-15(12)19)22-17-11-20-16(10-21-17)18(26)24-7-5-23(6-8-24)13(2)25/h3-4,9-11H,5-8H2,1-2H3,(H,21,22). The van der Waals surface area contributed by atoms with Crippen LogP contribution in [0.1, 0.15) is 23.0 Å². The number of rotatable bonds is 3. The molecule has 8 heteroatoms. The van der Waals surface area contributed by atoms with Crippen LogP contribution in [-0.4, -0.2) is 57.8 Å². The summed E-state index contributed by atoms with van der Waals surface area (Å²) in [5, 5.41) is 3.77. The molecule has 0 bridgehead atoms. The van der Waals surface area contributed by atoms with Crippen LogP contribution in [0.5, 0.6) is 0 Å². The Balaban J connectivity index is 1.63. The Labute approximate surface area is 157 Å². The van der Waals surface area contributed by atoms with Crippen molar-refractivity contribution >= 4 is 34.9 Å². The molecule has 0 unspecified atom stereocenters. The molecule has 1 aliphatic heterocycles. The predicted octanol–water partition coefficient (Wildman–Crippen LogP) is 2.49. The van der Waals surface area contributed by atoms with Crippen molar-refractivity contribution in [2.45, 2.75) is 13.8 Å². The van der Waals surface area contributed by atoms with Crippen LogP contribution in [0.15, 0.2) is 30.6 Å². The zero-order valence-electron chi connectivity index (χ0n) is 14.7. The first-order valence-electron chi connectivity index (χ1n) is 8.34. The third kappa shape index (κ3) is 4.11. The number of hydrogen-bond donors (Lipinski definition) is 1. The molecule has 26 heavy (non-hydrogen) atoms. The number of carbonyl (C=O) groups is 2. The lowest BCUT2D eigenvalue weighted by atomic mass is 10.2. The van der Waals surface area contributed by atoms with Gasteiger partial charge in [-0.05, 0) is 24.6 Å². The molecule has 0 aliphatic carbocycles. The number of amides is 2. The van der Waals surface area contributed by atoms with E-state index in [2.05, 4.69) is 15.3 Å². The molecular weight excluding hydrogens is 354 g/mol. The molecule has 1 N–H and O–H groups in total. The Kier molecular flexibility index (Phi) is 5.37. The minimum absolute atomic E-state index is 0.0310. The number of aryl methyl sites for hydroxylation is 1. The highest BCUT2D eigenvalue weighted by atomic mass is 35.5. The highest BCUT2D eigenvalue weighted by molar-refractivity contribution is 6.31. The fourth-order valence-corrected chi connectivity index (χ4v) is 2.89. The van der Waals surface area contributed by atoms with Gasteiger partial charge in [-0.15, -0.1) is 0 Å². The van der Waals surface area contributed by atoms with Crippen LogP contribution in [0.2, 0.25) is 5.02 Å². The maximum atomic E-state index is 12.5. The Morgan fingerprint density at radius 2 is 1.77 bits per heavy atom. The van der Waals surface area contributed by atoms with Crippen molar-refractivity contribution in [2.24, 2.45) is 0 Å². The monoisotopic (exact) mass is 373 g/mol. The second-order valence-corrected chi connectivity index (χ2v) is 6.58. The Hall–Kier alpha value is -2.67. The highest BCUT2D eigenvalue weighted by Gasteiger charge is 2.24. The van der Waals surface area contributed by atoms with Crippen molar-refractivity contribution in [1.29, 1.82) is 0 Å². The molecule has 1 saturated heterocycles. The summed E-state index contributed by atoms with van der Waals surface area (Å²) in [6, 6.07) is 5.62. The lowest BCUT2D eigenvalue weighted by Gasteiger charge is -2.33. The number of halogens is 1. The first-order chi connectivity index (χ1) is 12.4. The van der Waals surface area contributed by atoms with Crippen LogP contribution in [-0.2, 0) is 4.79 Å². The van der Waals surface area contributed by atoms with Gasteiger partial charge in [-0.25, -0.2) is 9.97 Å². The van der Waals surface area contributed by atoms with Gasteiger partial charge in [0.15, 0.2) is 0 Å². The van der Waals surface area contributed by atoms with E-state index >= 15 is 0 Å². The van der Waals surface area contributed by atoms with E-state index in [-0.39, 0.29) is 17.5 Å². The van der Waals surface area contributed by atoms with Gasteiger partial charge in [0, 0.05) is 43.8 Å². The molecule has 1 fully saturated rings. The average Bonchev–Trinajstić information content (AvgIpc) is 2.65. The van der Waals surface area contributed by atoms with Gasteiger partial charge >= 0.3 is 0 Å². The molecular formula is C18H20ClN5O2. The zero-order valence-corrected chi connectivity index (χ0v) is 15.5. The molecule has 2 amide bonds. The zero-order chi connectivity index (χ0) is 18.7. The van der Waals surface area contributed by atoms with Crippen molar-refractivity contribution in [3.05, 3.63) is 46.9 Å². The van der Waals surface area contributed by atoms with E-state index in [1.165, 1.54) is 19.3 Å². The summed E-state index contributed by atoms with van der Waals surface area (Å²) in [5.74, 6) is 0.386. The van der Waals surface area contributed by atoms with E-state index in [0.29, 0.717) is 37.0 Å². The van der Waals surface area contributed by atoms with Crippen molar-refractivity contribution in [3.63, 3.8) is 0 Å². The molecule has 0 spiro atoms. The number of nitrogens with zero attached hydrogens (tertiary/aromatic N) is 4. The molecule has 0 saturated carbocycles. The molecule has 2 aromatic rings. The van der Waals surface area contributed by atoms with Crippen LogP contribution >= 0.6 is 11.6 Å². The van der Waals surface area contributed by atoms with Crippen molar-refractivity contribution in [2.75, 3.05) is 31.5 Å². The molecule has 0 atom stereocenters. The number of hydrogen-bond acceptors (Lipinski definition) is 5. The van der Waals surface area contributed by atoms with E-state index < -0.39 is 0 Å². The second-order valence-electron chi connectivity index (χ2n) is 6.17. The number of piperazine rings is 1. The lowest BCUT2D eigenvalue weighted by molar-refractivity contribution is -0.130. The van der Waals surface area contributed by atoms with Gasteiger partial charge in [-0.1, -0.05) is 17.7 Å². The van der Waals surface area contributed by atoms with Crippen molar-refractivity contribution in [3.8, 4) is 0 Å². The van der Waals surface area contributed by atoms with Gasteiger partial charge < -0.3 is 15.1 Å². The van der Waals surface area contributed by atoms with Crippen LogP contribution in [0.4, 0.5) is 11.5 Å². The quantitative estimate of drug-likeness (QED) is 0.894. The normalized spacial score (nSPS) is 14.3. The highest BCUT2D eigenvalue weighted by Crippen LogP contribution is 2.22. The molecule has 1 aromatic carbocycles. The minimum Gasteiger partial charge on any atom is -0.339 e. The summed E-state index contributed by atoms with van der Waals surface area (Å²) in [6.45, 7) is 5.56. The third-order valence-corrected chi connectivity index (χ3v) is 4.73. The number of benzene rings is 1. The van der Waals surface area contributed by atoms with Crippen LogP contribution in [0.3, 0.4) is 0 Å². The molecule has 2 heterocycles. The molecule has 7 nitrogen and oxygen atoms in total. The van der Waals surface area contributed by atoms with Crippen molar-refractivity contribution < 1.29 is 9.59 Å². The fourth-order valence-electron chi connectivity index (χ4n) is 2.71. The Morgan fingerprint density at radius 1 is 1.08 bits per heavy atom. The number of nitrogens with one attached hydrogen (secondary N) is 1. The Morgan fingerprint density at radius 3 is 2.35 bits per heavy atom. The van der Waals surface area contributed by atoms with Crippen molar-refractivity contribution in [1.82, 2.24) is 19.8 Å². The minimum atomic E-state index is -0.175. The first kappa shape index (κ1) is 18.1. The van der Waals surface area contributed by atoms with E-state index in [1.54, 1.807) is 9.80 Å². The molecule has 1 aromatic heterocycles. The van der Waals surface area contributed by atoms with Crippen LogP contribution in [0, 0.1) is 6.92 Å². The van der Waals surface area contributed by atoms with E-state index in [1.807, 2.05) is 25.1 Å². The number of carbonyl (C=O) groups excluding carboxylic acids is 2. The van der Waals surface area contributed by atoms with Gasteiger partial charge in [-0.3, -0.25) is 9.59 Å². The molecule has 0 radical (unpaired) electrons. The van der Waals surface area contributed by atoms with E-state index in [0.717, 1.165) is 11.3 Å². The van der Waals surface area contributed by atoms with Gasteiger partial charge in [-0.2, -0.15) is 0 Å². The summed E-state index contributed by atoms with van der Waals surface area (Å²) in [7, 11) is 0. The second kappa shape index (κ2) is 7.70. The maximum Gasteiger partial charge on any atom is 0.274 e. The summed E-state index contributed by atoms with van der Waals surface area (Å²) >= 11 is 6.11. The average molecular weight is 374 g/mol. The van der Waals surface area contributed by atoms with Gasteiger partial charge in [0.05, 0.1) is 12.4 Å². The topological polar surface area (TPSA) is 78.4 Å². The first-order valence-corrected chi connectivity index (χ1v) is 8.72. The Bertz CT molecular complexity index is 817. The summed E-state index contributed by atoms with van der Waals surface area (Å²) in [4.78, 5) is 35.8. The lowest BCUT2D eigenvalue weighted by Crippen LogP contribution is -2.50. The molecule has 3 rings (SSSR count). The fraction of sp³-hybridized carbons (Fsp3) is 0.333. The third-order valence-electron chi connectivity index (χ3n) is 4.33. The summed E-state index contributed by atoms with van der Waals surface area (Å²) in [5.41, 5.74) is 2.08. The largest absolute Gasteiger partial charge is 0.339 e. The number of anilines is 2. The van der Waals surface area contributed by atoms with E-state index in [4.69, 9.17) is 11.6 Å². The maximum absolute atomic E-state index is 12.5. The van der Waals surface area contributed by atoms with Crippen LogP contribution in [0.25, 0.3) is 0 Å². The van der Waals surface area contributed by atoms with Gasteiger partial charge in [0.25, 0.3) is 5.91 Å². The van der Waals surface area contributed by atoms with E-state index in [9.17, 15) is 9.59 Å².